The number of hydrogen-bond donors (Lipinski definition) is 2. The van der Waals surface area contributed by atoms with Crippen LogP contribution in [0.4, 0.5) is 8.78 Å². The van der Waals surface area contributed by atoms with Gasteiger partial charge in [0.2, 0.25) is 11.8 Å². The van der Waals surface area contributed by atoms with Gasteiger partial charge in [-0.05, 0) is 65.6 Å². The molecule has 0 saturated carbocycles. The highest BCUT2D eigenvalue weighted by molar-refractivity contribution is 5.94. The number of aromatic nitrogens is 1. The normalized spacial score (nSPS) is 11.5. The monoisotopic (exact) mass is 501 g/mol. The number of ether oxygens (including phenoxy) is 1. The molecule has 6 nitrogen and oxygen atoms in total. The van der Waals surface area contributed by atoms with E-state index >= 15 is 0 Å². The van der Waals surface area contributed by atoms with Crippen molar-refractivity contribution >= 4 is 11.8 Å². The lowest BCUT2D eigenvalue weighted by atomic mass is 9.94. The molecule has 8 heteroatoms. The molecule has 1 atom stereocenters. The van der Waals surface area contributed by atoms with Crippen molar-refractivity contribution in [2.45, 2.75) is 18.9 Å². The summed E-state index contributed by atoms with van der Waals surface area (Å²) in [5.74, 6) is -1.69. The minimum Gasteiger partial charge on any atom is -0.497 e. The van der Waals surface area contributed by atoms with Crippen molar-refractivity contribution in [3.05, 3.63) is 119 Å². The van der Waals surface area contributed by atoms with Crippen LogP contribution in [0.3, 0.4) is 0 Å². The highest BCUT2D eigenvalue weighted by Crippen LogP contribution is 2.30. The van der Waals surface area contributed by atoms with Gasteiger partial charge in [0.25, 0.3) is 0 Å². The van der Waals surface area contributed by atoms with Crippen molar-refractivity contribution in [2.75, 3.05) is 7.11 Å². The summed E-state index contributed by atoms with van der Waals surface area (Å²) in [5.41, 5.74) is 8.66. The van der Waals surface area contributed by atoms with Gasteiger partial charge in [-0.15, -0.1) is 0 Å². The van der Waals surface area contributed by atoms with E-state index in [-0.39, 0.29) is 18.7 Å². The lowest BCUT2D eigenvalue weighted by Crippen LogP contribution is -2.32. The molecule has 0 aliphatic heterocycles. The second-order valence-corrected chi connectivity index (χ2v) is 8.51. The maximum absolute atomic E-state index is 14.0. The molecule has 0 radical (unpaired) electrons. The molecular weight excluding hydrogens is 476 g/mol. The Labute approximate surface area is 213 Å². The average molecular weight is 502 g/mol. The Morgan fingerprint density at radius 3 is 2.43 bits per heavy atom. The summed E-state index contributed by atoms with van der Waals surface area (Å²) in [4.78, 5) is 29.4. The molecule has 3 N–H and O–H groups in total. The Balaban J connectivity index is 1.71. The van der Waals surface area contributed by atoms with Crippen molar-refractivity contribution in [3.63, 3.8) is 0 Å². The van der Waals surface area contributed by atoms with E-state index in [0.29, 0.717) is 33.7 Å². The van der Waals surface area contributed by atoms with Crippen molar-refractivity contribution in [1.82, 2.24) is 10.3 Å². The number of carbonyl (C=O) groups excluding carboxylic acids is 2. The number of nitrogens with one attached hydrogen (secondary N) is 1. The average Bonchev–Trinajstić information content (AvgIpc) is 2.88. The van der Waals surface area contributed by atoms with Crippen LogP contribution in [0.15, 0.2) is 85.1 Å². The zero-order valence-electron chi connectivity index (χ0n) is 20.1. The fourth-order valence-electron chi connectivity index (χ4n) is 4.17. The van der Waals surface area contributed by atoms with E-state index in [1.54, 1.807) is 74.0 Å². The number of pyridine rings is 1. The number of primary amides is 1. The van der Waals surface area contributed by atoms with Crippen LogP contribution in [0, 0.1) is 11.6 Å². The first-order chi connectivity index (χ1) is 17.8. The van der Waals surface area contributed by atoms with Crippen molar-refractivity contribution in [1.29, 1.82) is 0 Å². The van der Waals surface area contributed by atoms with E-state index in [1.807, 2.05) is 0 Å². The highest BCUT2D eigenvalue weighted by Gasteiger charge is 2.22. The molecule has 0 fully saturated rings. The first-order valence-electron chi connectivity index (χ1n) is 11.5. The van der Waals surface area contributed by atoms with Gasteiger partial charge in [0, 0.05) is 23.4 Å². The fraction of sp³-hybridized carbons (Fsp3) is 0.138. The summed E-state index contributed by atoms with van der Waals surface area (Å²) < 4.78 is 33.2. The molecule has 0 aliphatic rings. The van der Waals surface area contributed by atoms with Crippen LogP contribution in [0.25, 0.3) is 11.1 Å². The van der Waals surface area contributed by atoms with Crippen LogP contribution >= 0.6 is 0 Å². The predicted molar refractivity (Wildman–Crippen MR) is 136 cm³/mol. The number of rotatable bonds is 9. The molecule has 1 heterocycles. The van der Waals surface area contributed by atoms with Crippen LogP contribution in [-0.2, 0) is 17.6 Å². The number of benzene rings is 3. The van der Waals surface area contributed by atoms with Gasteiger partial charge in [-0.25, -0.2) is 8.78 Å². The number of methoxy groups -OCH3 is 1. The Hall–Kier alpha value is -4.59. The van der Waals surface area contributed by atoms with Crippen molar-refractivity contribution in [2.24, 2.45) is 5.73 Å². The summed E-state index contributed by atoms with van der Waals surface area (Å²) in [6, 6.07) is 19.9. The maximum Gasteiger partial charge on any atom is 0.248 e. The minimum atomic E-state index is -0.729. The second kappa shape index (κ2) is 11.4. The Morgan fingerprint density at radius 2 is 1.70 bits per heavy atom. The van der Waals surface area contributed by atoms with Crippen LogP contribution in [0.5, 0.6) is 5.75 Å². The summed E-state index contributed by atoms with van der Waals surface area (Å²) in [7, 11) is 1.54. The van der Waals surface area contributed by atoms with Gasteiger partial charge in [0.1, 0.15) is 17.4 Å². The van der Waals surface area contributed by atoms with Gasteiger partial charge in [-0.3, -0.25) is 14.6 Å². The maximum atomic E-state index is 14.0. The first-order valence-corrected chi connectivity index (χ1v) is 11.5. The summed E-state index contributed by atoms with van der Waals surface area (Å²) >= 11 is 0. The van der Waals surface area contributed by atoms with E-state index in [2.05, 4.69) is 10.3 Å². The molecule has 4 rings (SSSR count). The zero-order chi connectivity index (χ0) is 26.4. The molecule has 37 heavy (non-hydrogen) atoms. The molecule has 0 saturated heterocycles. The van der Waals surface area contributed by atoms with Crippen LogP contribution in [0.2, 0.25) is 0 Å². The van der Waals surface area contributed by atoms with Gasteiger partial charge >= 0.3 is 0 Å². The van der Waals surface area contributed by atoms with E-state index in [9.17, 15) is 18.4 Å². The predicted octanol–water partition coefficient (Wildman–Crippen LogP) is 4.78. The zero-order valence-corrected chi connectivity index (χ0v) is 20.1. The molecule has 0 aliphatic carbocycles. The number of nitrogens with zero attached hydrogens (tertiary/aromatic N) is 1. The first kappa shape index (κ1) is 25.5. The summed E-state index contributed by atoms with van der Waals surface area (Å²) in [6.07, 6.45) is 1.72. The standard InChI is InChI=1S/C29H25F2N3O3/c1-37-24-8-2-5-18(13-24)15-27(35)34-26(14-19-11-22(30)17-23(31)12-19)28-25(9-4-10-33-28)20-6-3-7-21(16-20)29(32)36/h2-13,16-17,26H,14-15H2,1H3,(H2,32,36)(H,34,35). The minimum absolute atomic E-state index is 0.0601. The lowest BCUT2D eigenvalue weighted by molar-refractivity contribution is -0.121. The van der Waals surface area contributed by atoms with E-state index in [4.69, 9.17) is 10.5 Å². The van der Waals surface area contributed by atoms with Gasteiger partial charge < -0.3 is 15.8 Å². The third kappa shape index (κ3) is 6.55. The van der Waals surface area contributed by atoms with Gasteiger partial charge in [-0.2, -0.15) is 0 Å². The molecule has 188 valence electrons. The number of amides is 2. The molecular formula is C29H25F2N3O3. The molecule has 0 spiro atoms. The number of hydrogen-bond acceptors (Lipinski definition) is 4. The smallest absolute Gasteiger partial charge is 0.248 e. The lowest BCUT2D eigenvalue weighted by Gasteiger charge is -2.22. The highest BCUT2D eigenvalue weighted by atomic mass is 19.1. The third-order valence-electron chi connectivity index (χ3n) is 5.82. The number of halogens is 2. The van der Waals surface area contributed by atoms with Crippen LogP contribution in [0.1, 0.15) is 33.2 Å². The molecule has 3 aromatic carbocycles. The number of nitrogens with two attached hydrogens (primary N) is 1. The largest absolute Gasteiger partial charge is 0.497 e. The Bertz CT molecular complexity index is 1420. The van der Waals surface area contributed by atoms with Gasteiger partial charge in [0.05, 0.1) is 25.3 Å². The van der Waals surface area contributed by atoms with Crippen LogP contribution in [-0.4, -0.2) is 23.9 Å². The molecule has 2 amide bonds. The molecule has 1 unspecified atom stereocenters. The molecule has 1 aromatic heterocycles. The second-order valence-electron chi connectivity index (χ2n) is 8.51. The topological polar surface area (TPSA) is 94.3 Å². The van der Waals surface area contributed by atoms with Gasteiger partial charge in [0.15, 0.2) is 0 Å². The quantitative estimate of drug-likeness (QED) is 0.345. The Kier molecular flexibility index (Phi) is 7.88. The van der Waals surface area contributed by atoms with Gasteiger partial charge in [-0.1, -0.05) is 30.3 Å². The van der Waals surface area contributed by atoms with Crippen molar-refractivity contribution < 1.29 is 23.1 Å². The number of carbonyl (C=O) groups is 2. The molecule has 4 aromatic rings. The molecule has 0 bridgehead atoms. The van der Waals surface area contributed by atoms with Crippen molar-refractivity contribution in [3.8, 4) is 16.9 Å². The van der Waals surface area contributed by atoms with E-state index in [0.717, 1.165) is 11.6 Å². The SMILES string of the molecule is COc1cccc(CC(=O)NC(Cc2cc(F)cc(F)c2)c2ncccc2-c2cccc(C(N)=O)c2)c1. The van der Waals surface area contributed by atoms with Crippen LogP contribution < -0.4 is 15.8 Å². The summed E-state index contributed by atoms with van der Waals surface area (Å²) in [5, 5.41) is 2.98. The third-order valence-corrected chi connectivity index (χ3v) is 5.82. The fourth-order valence-corrected chi connectivity index (χ4v) is 4.17. The van der Waals surface area contributed by atoms with E-state index < -0.39 is 23.6 Å². The summed E-state index contributed by atoms with van der Waals surface area (Å²) in [6.45, 7) is 0. The Morgan fingerprint density at radius 1 is 0.946 bits per heavy atom. The van der Waals surface area contributed by atoms with E-state index in [1.165, 1.54) is 12.1 Å².